The van der Waals surface area contributed by atoms with E-state index >= 15 is 0 Å². The molecule has 1 atom stereocenters. The first-order chi connectivity index (χ1) is 8.28. The van der Waals surface area contributed by atoms with Crippen LogP contribution in [0.5, 0.6) is 0 Å². The first-order valence-corrected chi connectivity index (χ1v) is 6.53. The van der Waals surface area contributed by atoms with Crippen molar-refractivity contribution in [1.82, 2.24) is 4.90 Å². The fraction of sp³-hybridized carbons (Fsp3) is 0.462. The molecule has 1 heterocycles. The molecule has 1 unspecified atom stereocenters. The highest BCUT2D eigenvalue weighted by Gasteiger charge is 2.34. The average molecular weight is 314 g/mol. The number of amides is 1. The van der Waals surface area contributed by atoms with Crippen molar-refractivity contribution >= 4 is 22.0 Å². The predicted octanol–water partition coefficient (Wildman–Crippen LogP) is 3.19. The summed E-state index contributed by atoms with van der Waals surface area (Å²) in [5, 5.41) is 10.1. The minimum Gasteiger partial charge on any atom is -0.444 e. The van der Waals surface area contributed by atoms with E-state index in [2.05, 4.69) is 15.9 Å². The van der Waals surface area contributed by atoms with Crippen LogP contribution in [0.25, 0.3) is 0 Å². The second kappa shape index (κ2) is 4.55. The van der Waals surface area contributed by atoms with E-state index in [9.17, 15) is 9.90 Å². The van der Waals surface area contributed by atoms with Gasteiger partial charge in [0.2, 0.25) is 0 Å². The third kappa shape index (κ3) is 2.67. The Balaban J connectivity index is 2.18. The second-order valence-corrected chi connectivity index (χ2v) is 6.24. The van der Waals surface area contributed by atoms with Crippen molar-refractivity contribution in [1.29, 1.82) is 0 Å². The van der Waals surface area contributed by atoms with Crippen molar-refractivity contribution in [2.24, 2.45) is 0 Å². The van der Waals surface area contributed by atoms with E-state index in [0.717, 1.165) is 15.6 Å². The lowest BCUT2D eigenvalue weighted by molar-refractivity contribution is -0.0257. The lowest BCUT2D eigenvalue weighted by Gasteiger charge is -2.26. The van der Waals surface area contributed by atoms with Gasteiger partial charge in [0.05, 0.1) is 6.54 Å². The molecule has 18 heavy (non-hydrogen) atoms. The zero-order valence-corrected chi connectivity index (χ0v) is 12.2. The Hall–Kier alpha value is -1.07. The average Bonchev–Trinajstić information content (AvgIpc) is 2.53. The summed E-state index contributed by atoms with van der Waals surface area (Å²) >= 11 is 3.37. The van der Waals surface area contributed by atoms with E-state index in [1.807, 2.05) is 18.2 Å². The van der Waals surface area contributed by atoms with E-state index in [1.54, 1.807) is 20.8 Å². The van der Waals surface area contributed by atoms with Gasteiger partial charge in [-0.05, 0) is 38.5 Å². The molecule has 0 bridgehead atoms. The van der Waals surface area contributed by atoms with Gasteiger partial charge in [-0.2, -0.15) is 0 Å². The van der Waals surface area contributed by atoms with Gasteiger partial charge in [-0.1, -0.05) is 22.0 Å². The smallest absolute Gasteiger partial charge is 0.412 e. The number of aliphatic hydroxyl groups excluding tert-OH is 1. The van der Waals surface area contributed by atoms with Crippen molar-refractivity contribution in [2.45, 2.75) is 39.1 Å². The topological polar surface area (TPSA) is 49.8 Å². The number of benzene rings is 1. The summed E-state index contributed by atoms with van der Waals surface area (Å²) < 4.78 is 6.20. The van der Waals surface area contributed by atoms with E-state index in [1.165, 1.54) is 4.90 Å². The van der Waals surface area contributed by atoms with E-state index in [-0.39, 0.29) is 0 Å². The summed E-state index contributed by atoms with van der Waals surface area (Å²) in [6, 6.07) is 5.57. The first-order valence-electron chi connectivity index (χ1n) is 5.74. The van der Waals surface area contributed by atoms with Crippen LogP contribution in [0.3, 0.4) is 0 Å². The molecule has 0 saturated heterocycles. The number of carbonyl (C=O) groups excluding carboxylic acids is 1. The fourth-order valence-electron chi connectivity index (χ4n) is 1.89. The number of halogens is 1. The monoisotopic (exact) mass is 313 g/mol. The molecular formula is C13H16BrNO3. The Morgan fingerprint density at radius 3 is 2.78 bits per heavy atom. The van der Waals surface area contributed by atoms with Crippen LogP contribution >= 0.6 is 15.9 Å². The molecule has 98 valence electrons. The van der Waals surface area contributed by atoms with Crippen LogP contribution in [-0.4, -0.2) is 21.7 Å². The van der Waals surface area contributed by atoms with Crippen LogP contribution in [-0.2, 0) is 11.3 Å². The maximum absolute atomic E-state index is 12.0. The maximum atomic E-state index is 12.0. The van der Waals surface area contributed by atoms with Gasteiger partial charge in [0.15, 0.2) is 6.23 Å². The molecule has 1 amide bonds. The molecule has 2 rings (SSSR count). The van der Waals surface area contributed by atoms with Gasteiger partial charge in [-0.3, -0.25) is 4.90 Å². The molecule has 0 saturated carbocycles. The Kier molecular flexibility index (Phi) is 3.38. The summed E-state index contributed by atoms with van der Waals surface area (Å²) in [6.45, 7) is 5.77. The molecule has 0 aromatic heterocycles. The van der Waals surface area contributed by atoms with Crippen LogP contribution in [0.15, 0.2) is 22.7 Å². The number of hydrogen-bond donors (Lipinski definition) is 1. The number of rotatable bonds is 0. The molecule has 4 nitrogen and oxygen atoms in total. The number of hydrogen-bond acceptors (Lipinski definition) is 3. The third-order valence-corrected chi connectivity index (χ3v) is 3.14. The zero-order chi connectivity index (χ0) is 13.5. The molecule has 1 aliphatic heterocycles. The highest BCUT2D eigenvalue weighted by atomic mass is 79.9. The molecular weight excluding hydrogens is 298 g/mol. The van der Waals surface area contributed by atoms with Gasteiger partial charge < -0.3 is 9.84 Å². The zero-order valence-electron chi connectivity index (χ0n) is 10.6. The van der Waals surface area contributed by atoms with Gasteiger partial charge in [-0.25, -0.2) is 4.79 Å². The van der Waals surface area contributed by atoms with Crippen LogP contribution < -0.4 is 0 Å². The Bertz CT molecular complexity index is 482. The van der Waals surface area contributed by atoms with Crippen molar-refractivity contribution in [2.75, 3.05) is 0 Å². The molecule has 0 aliphatic carbocycles. The number of carbonyl (C=O) groups is 1. The highest BCUT2D eigenvalue weighted by Crippen LogP contribution is 2.34. The second-order valence-electron chi connectivity index (χ2n) is 5.33. The molecule has 0 fully saturated rings. The maximum Gasteiger partial charge on any atom is 0.412 e. The lowest BCUT2D eigenvalue weighted by atomic mass is 10.1. The van der Waals surface area contributed by atoms with Crippen molar-refractivity contribution < 1.29 is 14.6 Å². The van der Waals surface area contributed by atoms with Crippen LogP contribution in [0.2, 0.25) is 0 Å². The molecule has 1 aliphatic rings. The van der Waals surface area contributed by atoms with Gasteiger partial charge >= 0.3 is 6.09 Å². The predicted molar refractivity (Wildman–Crippen MR) is 70.9 cm³/mol. The first kappa shape index (κ1) is 13.4. The van der Waals surface area contributed by atoms with Gasteiger partial charge in [0, 0.05) is 10.0 Å². The van der Waals surface area contributed by atoms with Crippen molar-refractivity contribution in [3.8, 4) is 0 Å². The quantitative estimate of drug-likeness (QED) is 0.800. The minimum atomic E-state index is -0.928. The van der Waals surface area contributed by atoms with Crippen LogP contribution in [0, 0.1) is 0 Å². The highest BCUT2D eigenvalue weighted by molar-refractivity contribution is 9.10. The Morgan fingerprint density at radius 1 is 1.50 bits per heavy atom. The van der Waals surface area contributed by atoms with Gasteiger partial charge in [0.1, 0.15) is 5.60 Å². The van der Waals surface area contributed by atoms with Crippen molar-refractivity contribution in [3.05, 3.63) is 33.8 Å². The molecule has 1 aromatic rings. The molecule has 0 radical (unpaired) electrons. The van der Waals surface area contributed by atoms with Gasteiger partial charge in [0.25, 0.3) is 0 Å². The third-order valence-electron chi connectivity index (χ3n) is 2.65. The standard InChI is InChI=1S/C13H16BrNO3/c1-13(2,3)18-12(17)15-7-8-6-9(14)4-5-10(8)11(15)16/h4-6,11,16H,7H2,1-3H3. The summed E-state index contributed by atoms with van der Waals surface area (Å²) in [5.74, 6) is 0. The number of aliphatic hydroxyl groups is 1. The minimum absolute atomic E-state index is 0.366. The van der Waals surface area contributed by atoms with Crippen LogP contribution in [0.4, 0.5) is 4.79 Å². The Morgan fingerprint density at radius 2 is 2.17 bits per heavy atom. The summed E-state index contributed by atoms with van der Waals surface area (Å²) in [6.07, 6.45) is -1.43. The number of nitrogens with zero attached hydrogens (tertiary/aromatic N) is 1. The SMILES string of the molecule is CC(C)(C)OC(=O)N1Cc2cc(Br)ccc2C1O. The lowest BCUT2D eigenvalue weighted by Crippen LogP contribution is -2.35. The molecule has 0 spiro atoms. The van der Waals surface area contributed by atoms with E-state index in [4.69, 9.17) is 4.74 Å². The Labute approximate surface area is 115 Å². The molecule has 1 aromatic carbocycles. The van der Waals surface area contributed by atoms with Crippen molar-refractivity contribution in [3.63, 3.8) is 0 Å². The summed E-state index contributed by atoms with van der Waals surface area (Å²) in [5.41, 5.74) is 1.12. The molecule has 1 N–H and O–H groups in total. The largest absolute Gasteiger partial charge is 0.444 e. The number of ether oxygens (including phenoxy) is 1. The molecule has 5 heteroatoms. The normalized spacial score (nSPS) is 18.7. The van der Waals surface area contributed by atoms with E-state index in [0.29, 0.717) is 6.54 Å². The fourth-order valence-corrected chi connectivity index (χ4v) is 2.29. The van der Waals surface area contributed by atoms with Gasteiger partial charge in [-0.15, -0.1) is 0 Å². The number of fused-ring (bicyclic) bond motifs is 1. The summed E-state index contributed by atoms with van der Waals surface area (Å²) in [4.78, 5) is 13.3. The van der Waals surface area contributed by atoms with E-state index < -0.39 is 17.9 Å². The summed E-state index contributed by atoms with van der Waals surface area (Å²) in [7, 11) is 0. The van der Waals surface area contributed by atoms with Crippen LogP contribution in [0.1, 0.15) is 38.1 Å².